The maximum Gasteiger partial charge on any atom is 0.270 e. The maximum atomic E-state index is 13.7. The molecule has 0 unspecified atom stereocenters. The van der Waals surface area contributed by atoms with Gasteiger partial charge in [-0.05, 0) is 18.2 Å². The van der Waals surface area contributed by atoms with Crippen molar-refractivity contribution in [1.29, 1.82) is 0 Å². The number of hydrogen-bond donors (Lipinski definition) is 2. The zero-order chi connectivity index (χ0) is 18.5. The summed E-state index contributed by atoms with van der Waals surface area (Å²) < 4.78 is 13.7. The average molecular weight is 402 g/mol. The van der Waals surface area contributed by atoms with Crippen LogP contribution < -0.4 is 0 Å². The third-order valence-corrected chi connectivity index (χ3v) is 5.79. The molecule has 1 aliphatic heterocycles. The fourth-order valence-electron chi connectivity index (χ4n) is 3.44. The highest BCUT2D eigenvalue weighted by Crippen LogP contribution is 2.30. The van der Waals surface area contributed by atoms with E-state index in [9.17, 15) is 9.18 Å². The Bertz CT molecular complexity index is 1170. The summed E-state index contributed by atoms with van der Waals surface area (Å²) in [5.74, 6) is -0.658. The molecule has 0 saturated carbocycles. The maximum absolute atomic E-state index is 13.7. The van der Waals surface area contributed by atoms with Crippen molar-refractivity contribution < 1.29 is 9.18 Å². The Balaban J connectivity index is 1.47. The monoisotopic (exact) mass is 401 g/mol. The number of carbonyl (C=O) groups is 1. The molecule has 1 aromatic carbocycles. The van der Waals surface area contributed by atoms with Gasteiger partial charge in [0.2, 0.25) is 0 Å². The molecule has 1 aliphatic rings. The van der Waals surface area contributed by atoms with Gasteiger partial charge >= 0.3 is 0 Å². The molecule has 4 heterocycles. The van der Waals surface area contributed by atoms with E-state index >= 15 is 0 Å². The molecule has 4 aromatic rings. The largest absolute Gasteiger partial charge is 0.350 e. The van der Waals surface area contributed by atoms with Crippen LogP contribution in [0, 0.1) is 5.82 Å². The summed E-state index contributed by atoms with van der Waals surface area (Å²) in [5.41, 5.74) is 6.39. The molecule has 0 fully saturated rings. The number of aromatic amines is 2. The number of fused-ring (bicyclic) bond motifs is 2. The number of nitrogens with zero attached hydrogens (tertiary/aromatic N) is 3. The topological polar surface area (TPSA) is 77.7 Å². The highest BCUT2D eigenvalue weighted by Gasteiger charge is 2.28. The average Bonchev–Trinajstić information content (AvgIpc) is 3.42. The normalized spacial score (nSPS) is 13.9. The van der Waals surface area contributed by atoms with Crippen LogP contribution in [0.5, 0.6) is 0 Å². The third kappa shape index (κ3) is 2.64. The van der Waals surface area contributed by atoms with Crippen LogP contribution in [-0.4, -0.2) is 37.5 Å². The van der Waals surface area contributed by atoms with E-state index in [2.05, 4.69) is 20.2 Å². The molecule has 0 bridgehead atoms. The van der Waals surface area contributed by atoms with Gasteiger partial charge in [-0.1, -0.05) is 11.6 Å². The number of benzene rings is 1. The van der Waals surface area contributed by atoms with Gasteiger partial charge in [0.15, 0.2) is 0 Å². The molecule has 0 atom stereocenters. The summed E-state index contributed by atoms with van der Waals surface area (Å²) in [5, 5.41) is 9.89. The van der Waals surface area contributed by atoms with E-state index in [1.54, 1.807) is 22.5 Å². The number of hydrogen-bond acceptors (Lipinski definition) is 4. The fourth-order valence-corrected chi connectivity index (χ4v) is 4.19. The molecule has 27 heavy (non-hydrogen) atoms. The lowest BCUT2D eigenvalue weighted by molar-refractivity contribution is 0.0729. The number of amides is 1. The van der Waals surface area contributed by atoms with Gasteiger partial charge in [-0.3, -0.25) is 9.89 Å². The molecular formula is C18H13ClFN5OS. The fraction of sp³-hybridized carbons (Fsp3) is 0.167. The van der Waals surface area contributed by atoms with Crippen LogP contribution in [0.3, 0.4) is 0 Å². The molecule has 136 valence electrons. The van der Waals surface area contributed by atoms with Gasteiger partial charge in [0.25, 0.3) is 5.91 Å². The van der Waals surface area contributed by atoms with Gasteiger partial charge in [0, 0.05) is 40.5 Å². The van der Waals surface area contributed by atoms with Crippen LogP contribution in [-0.2, 0) is 13.0 Å². The first-order valence-corrected chi connectivity index (χ1v) is 9.64. The zero-order valence-electron chi connectivity index (χ0n) is 13.9. The Morgan fingerprint density at radius 2 is 2.26 bits per heavy atom. The summed E-state index contributed by atoms with van der Waals surface area (Å²) in [4.78, 5) is 22.1. The van der Waals surface area contributed by atoms with Crippen LogP contribution in [0.2, 0.25) is 5.02 Å². The van der Waals surface area contributed by atoms with Crippen molar-refractivity contribution in [1.82, 2.24) is 25.1 Å². The first-order valence-electron chi connectivity index (χ1n) is 8.32. The molecule has 6 nitrogen and oxygen atoms in total. The van der Waals surface area contributed by atoms with E-state index < -0.39 is 5.82 Å². The van der Waals surface area contributed by atoms with Crippen LogP contribution >= 0.6 is 22.9 Å². The summed E-state index contributed by atoms with van der Waals surface area (Å²) in [6, 6.07) is 4.47. The van der Waals surface area contributed by atoms with Crippen molar-refractivity contribution in [2.45, 2.75) is 13.0 Å². The lowest BCUT2D eigenvalue weighted by atomic mass is 10.0. The molecule has 2 N–H and O–H groups in total. The molecule has 0 spiro atoms. The second-order valence-electron chi connectivity index (χ2n) is 6.39. The highest BCUT2D eigenvalue weighted by molar-refractivity contribution is 7.07. The first kappa shape index (κ1) is 16.5. The Hall–Kier alpha value is -2.71. The van der Waals surface area contributed by atoms with E-state index in [1.165, 1.54) is 17.4 Å². The predicted octanol–water partition coefficient (Wildman–Crippen LogP) is 4.01. The van der Waals surface area contributed by atoms with Crippen LogP contribution in [0.15, 0.2) is 29.1 Å². The minimum Gasteiger partial charge on any atom is -0.350 e. The number of carbonyl (C=O) groups excluding carboxylic acids is 1. The van der Waals surface area contributed by atoms with E-state index in [-0.39, 0.29) is 10.9 Å². The number of halogens is 2. The molecule has 0 aliphatic carbocycles. The lowest BCUT2D eigenvalue weighted by Crippen LogP contribution is -2.36. The minimum atomic E-state index is -0.504. The van der Waals surface area contributed by atoms with Gasteiger partial charge in [0.1, 0.15) is 22.9 Å². The number of H-pyrrole nitrogens is 2. The zero-order valence-corrected chi connectivity index (χ0v) is 15.5. The van der Waals surface area contributed by atoms with E-state index in [1.807, 2.05) is 5.38 Å². The van der Waals surface area contributed by atoms with Crippen LogP contribution in [0.4, 0.5) is 4.39 Å². The Labute approximate surface area is 162 Å². The smallest absolute Gasteiger partial charge is 0.270 e. The Kier molecular flexibility index (Phi) is 3.76. The molecule has 1 amide bonds. The number of aromatic nitrogens is 4. The summed E-state index contributed by atoms with van der Waals surface area (Å²) in [6.45, 7) is 1.01. The van der Waals surface area contributed by atoms with Crippen molar-refractivity contribution in [3.8, 4) is 11.4 Å². The van der Waals surface area contributed by atoms with Crippen molar-refractivity contribution in [3.05, 3.63) is 56.9 Å². The summed E-state index contributed by atoms with van der Waals surface area (Å²) in [7, 11) is 0. The Morgan fingerprint density at radius 1 is 1.37 bits per heavy atom. The van der Waals surface area contributed by atoms with Crippen molar-refractivity contribution in [2.75, 3.05) is 6.54 Å². The molecule has 0 saturated heterocycles. The van der Waals surface area contributed by atoms with Crippen molar-refractivity contribution >= 4 is 39.7 Å². The number of rotatable bonds is 2. The van der Waals surface area contributed by atoms with Gasteiger partial charge in [0.05, 0.1) is 17.1 Å². The quantitative estimate of drug-likeness (QED) is 0.532. The summed E-state index contributed by atoms with van der Waals surface area (Å²) >= 11 is 7.53. The van der Waals surface area contributed by atoms with Crippen molar-refractivity contribution in [2.24, 2.45) is 0 Å². The first-order chi connectivity index (χ1) is 13.1. The van der Waals surface area contributed by atoms with E-state index in [0.717, 1.165) is 22.6 Å². The van der Waals surface area contributed by atoms with E-state index in [0.29, 0.717) is 36.1 Å². The molecule has 0 radical (unpaired) electrons. The van der Waals surface area contributed by atoms with Crippen molar-refractivity contribution in [3.63, 3.8) is 0 Å². The number of nitrogens with one attached hydrogen (secondary N) is 2. The van der Waals surface area contributed by atoms with Crippen LogP contribution in [0.1, 0.15) is 21.7 Å². The molecule has 5 rings (SSSR count). The van der Waals surface area contributed by atoms with Crippen LogP contribution in [0.25, 0.3) is 22.3 Å². The summed E-state index contributed by atoms with van der Waals surface area (Å²) in [6.07, 6.45) is 0.688. The number of thiazole rings is 1. The van der Waals surface area contributed by atoms with Gasteiger partial charge in [-0.15, -0.1) is 11.3 Å². The Morgan fingerprint density at radius 3 is 3.07 bits per heavy atom. The second kappa shape index (κ2) is 6.17. The molecule has 3 aromatic heterocycles. The molecular weight excluding hydrogens is 389 g/mol. The minimum absolute atomic E-state index is 0.0179. The standard InChI is InChI=1S/C18H13ClFN5OS/c19-16-9-5-14(22-12(9)2-1-11(16)20)18(26)25-4-3-13-10(6-25)17(24-23-13)15-7-27-8-21-15/h1-2,5,7-8,22H,3-4,6H2,(H,23,24). The third-order valence-electron chi connectivity index (χ3n) is 4.82. The van der Waals surface area contributed by atoms with Gasteiger partial charge in [-0.2, -0.15) is 5.10 Å². The predicted molar refractivity (Wildman–Crippen MR) is 101 cm³/mol. The SMILES string of the molecule is O=C(c1cc2c(Cl)c(F)ccc2[nH]1)N1CCc2[nH]nc(-c3cscn3)c2C1. The molecule has 9 heteroatoms. The lowest BCUT2D eigenvalue weighted by Gasteiger charge is -2.26. The second-order valence-corrected chi connectivity index (χ2v) is 7.48. The van der Waals surface area contributed by atoms with Gasteiger partial charge in [-0.25, -0.2) is 9.37 Å². The van der Waals surface area contributed by atoms with Gasteiger partial charge < -0.3 is 9.88 Å². The van der Waals surface area contributed by atoms with E-state index in [4.69, 9.17) is 11.6 Å². The highest BCUT2D eigenvalue weighted by atomic mass is 35.5.